The summed E-state index contributed by atoms with van der Waals surface area (Å²) in [6, 6.07) is 7.67. The topological polar surface area (TPSA) is 176 Å². The maximum Gasteiger partial charge on any atom is 0.336 e. The van der Waals surface area contributed by atoms with Gasteiger partial charge in [-0.3, -0.25) is 9.59 Å². The summed E-state index contributed by atoms with van der Waals surface area (Å²) in [4.78, 5) is 35.2. The molecule has 0 aliphatic carbocycles. The molecule has 1 rings (SSSR count). The predicted molar refractivity (Wildman–Crippen MR) is 152 cm³/mol. The number of benzene rings is 1. The fourth-order valence-corrected chi connectivity index (χ4v) is 3.62. The van der Waals surface area contributed by atoms with Crippen LogP contribution < -0.4 is 9.47 Å². The summed E-state index contributed by atoms with van der Waals surface area (Å²) in [5.41, 5.74) is -2.74. The predicted octanol–water partition coefficient (Wildman–Crippen LogP) is 1.91. The minimum Gasteiger partial charge on any atom is -0.493 e. The smallest absolute Gasteiger partial charge is 0.336 e. The van der Waals surface area contributed by atoms with Crippen molar-refractivity contribution < 1.29 is 53.8 Å². The number of hydrogen-bond donors (Lipinski definition) is 4. The van der Waals surface area contributed by atoms with E-state index in [0.29, 0.717) is 26.4 Å². The minimum absolute atomic E-state index is 0.114. The van der Waals surface area contributed by atoms with Gasteiger partial charge in [-0.1, -0.05) is 39.8 Å². The maximum atomic E-state index is 10.3. The highest BCUT2D eigenvalue weighted by Gasteiger charge is 2.40. The van der Waals surface area contributed by atoms with Crippen molar-refractivity contribution >= 4 is 17.9 Å². The van der Waals surface area contributed by atoms with Crippen molar-refractivity contribution in [3.63, 3.8) is 0 Å². The van der Waals surface area contributed by atoms with Gasteiger partial charge in [0.25, 0.3) is 0 Å². The van der Waals surface area contributed by atoms with Gasteiger partial charge in [-0.2, -0.15) is 0 Å². The van der Waals surface area contributed by atoms with Crippen LogP contribution >= 0.6 is 0 Å². The molecule has 0 radical (unpaired) electrons. The molecule has 4 N–H and O–H groups in total. The fourth-order valence-electron chi connectivity index (χ4n) is 3.62. The third-order valence-corrected chi connectivity index (χ3v) is 6.18. The van der Waals surface area contributed by atoms with E-state index in [1.54, 1.807) is 7.11 Å². The Labute approximate surface area is 242 Å². The molecule has 1 aromatic carbocycles. The number of aliphatic carboxylic acids is 3. The lowest BCUT2D eigenvalue weighted by Crippen LogP contribution is -2.42. The maximum absolute atomic E-state index is 10.3. The molecule has 0 spiro atoms. The molecule has 0 saturated carbocycles. The molecule has 0 aromatic heterocycles. The first-order valence-corrected chi connectivity index (χ1v) is 13.7. The summed E-state index contributed by atoms with van der Waals surface area (Å²) in [6.45, 7) is 17.0. The summed E-state index contributed by atoms with van der Waals surface area (Å²) in [5.74, 6) is -3.56. The lowest BCUT2D eigenvalue weighted by Gasteiger charge is -2.23. The fraction of sp³-hybridized carbons (Fsp3) is 0.679. The largest absolute Gasteiger partial charge is 0.493 e. The molecule has 13 nitrogen and oxygen atoms in total. The molecule has 0 saturated heterocycles. The van der Waals surface area contributed by atoms with Crippen LogP contribution in [-0.2, 0) is 23.9 Å². The summed E-state index contributed by atoms with van der Waals surface area (Å²) >= 11 is 0. The molecule has 0 heterocycles. The van der Waals surface area contributed by atoms with Gasteiger partial charge in [-0.05, 0) is 38.3 Å². The van der Waals surface area contributed by atoms with Gasteiger partial charge in [-0.15, -0.1) is 0 Å². The van der Waals surface area contributed by atoms with Crippen LogP contribution in [0.4, 0.5) is 0 Å². The molecule has 0 amide bonds. The monoisotopic (exact) mass is 588 g/mol. The second-order valence-electron chi connectivity index (χ2n) is 9.06. The zero-order chi connectivity index (χ0) is 31.3. The van der Waals surface area contributed by atoms with Crippen LogP contribution in [0.1, 0.15) is 40.5 Å². The number of rotatable bonds is 22. The average Bonchev–Trinajstić information content (AvgIpc) is 2.93. The van der Waals surface area contributed by atoms with Gasteiger partial charge in [0, 0.05) is 13.1 Å². The van der Waals surface area contributed by atoms with Crippen LogP contribution in [0.5, 0.6) is 11.5 Å². The molecular weight excluding hydrogens is 540 g/mol. The number of hydrogen-bond acceptors (Lipinski definition) is 10. The van der Waals surface area contributed by atoms with E-state index in [2.05, 4.69) is 37.5 Å². The zero-order valence-electron chi connectivity index (χ0n) is 24.9. The highest BCUT2D eigenvalue weighted by atomic mass is 16.6. The Morgan fingerprint density at radius 3 is 1.73 bits per heavy atom. The lowest BCUT2D eigenvalue weighted by molar-refractivity contribution is -0.170. The van der Waals surface area contributed by atoms with Gasteiger partial charge in [0.2, 0.25) is 0 Å². The third-order valence-electron chi connectivity index (χ3n) is 6.18. The van der Waals surface area contributed by atoms with E-state index in [1.165, 1.54) is 0 Å². The molecule has 0 bridgehead atoms. The van der Waals surface area contributed by atoms with Gasteiger partial charge in [-0.25, -0.2) is 4.79 Å². The first-order chi connectivity index (χ1) is 19.5. The van der Waals surface area contributed by atoms with Gasteiger partial charge < -0.3 is 49.2 Å². The quantitative estimate of drug-likeness (QED) is 0.145. The highest BCUT2D eigenvalue weighted by Crippen LogP contribution is 2.26. The van der Waals surface area contributed by atoms with Gasteiger partial charge in [0.05, 0.1) is 39.8 Å². The van der Waals surface area contributed by atoms with Crippen LogP contribution in [0.15, 0.2) is 24.3 Å². The van der Waals surface area contributed by atoms with Gasteiger partial charge in [0.1, 0.15) is 12.7 Å². The third kappa shape index (κ3) is 16.8. The molecule has 1 atom stereocenters. The van der Waals surface area contributed by atoms with Crippen LogP contribution in [0.25, 0.3) is 0 Å². The number of carboxylic acids is 3. The molecule has 0 aliphatic rings. The zero-order valence-corrected chi connectivity index (χ0v) is 24.9. The Bertz CT molecular complexity index is 860. The van der Waals surface area contributed by atoms with Crippen molar-refractivity contribution in [3.8, 4) is 11.5 Å². The second-order valence-corrected chi connectivity index (χ2v) is 9.06. The van der Waals surface area contributed by atoms with Crippen molar-refractivity contribution in [1.82, 2.24) is 9.80 Å². The number of carbonyl (C=O) groups is 3. The Morgan fingerprint density at radius 2 is 1.29 bits per heavy atom. The minimum atomic E-state index is -2.74. The standard InChI is InChI=1S/C22H40N2O4.C6H8O7/c1-6-23(7-2)14-16-26-18-20(27-17-15-24(8-3)9-4)19-28-22-13-11-10-12-21(22)25-5;7-3(8)1-6(13,5(11)12)2-4(9)10/h10-13,20H,6-9,14-19H2,1-5H3;13H,1-2H2,(H,7,8)(H,9,10)(H,11,12). The van der Waals surface area contributed by atoms with E-state index in [1.807, 2.05) is 24.3 Å². The molecule has 0 aliphatic heterocycles. The summed E-state index contributed by atoms with van der Waals surface area (Å²) in [5, 5.41) is 33.8. The Kier molecular flexibility index (Phi) is 20.2. The summed E-state index contributed by atoms with van der Waals surface area (Å²) < 4.78 is 23.3. The van der Waals surface area contributed by atoms with E-state index in [4.69, 9.17) is 39.4 Å². The first kappa shape index (κ1) is 38.0. The van der Waals surface area contributed by atoms with Gasteiger partial charge in [0.15, 0.2) is 17.1 Å². The molecule has 1 aromatic rings. The van der Waals surface area contributed by atoms with Gasteiger partial charge >= 0.3 is 17.9 Å². The number of carboxylic acid groups (broad SMARTS) is 3. The van der Waals surface area contributed by atoms with E-state index >= 15 is 0 Å². The molecule has 1 unspecified atom stereocenters. The van der Waals surface area contributed by atoms with E-state index in [9.17, 15) is 14.4 Å². The number of nitrogens with zero attached hydrogens (tertiary/aromatic N) is 2. The molecule has 41 heavy (non-hydrogen) atoms. The summed E-state index contributed by atoms with van der Waals surface area (Å²) in [7, 11) is 1.65. The number of methoxy groups -OCH3 is 1. The van der Waals surface area contributed by atoms with E-state index in [-0.39, 0.29) is 6.10 Å². The SMILES string of the molecule is CCN(CC)CCOCC(COc1ccccc1OC)OCCN(CC)CC.O=C(O)CC(O)(CC(=O)O)C(=O)O. The molecular formula is C28H48N2O11. The average molecular weight is 589 g/mol. The molecule has 13 heteroatoms. The summed E-state index contributed by atoms with van der Waals surface area (Å²) in [6.07, 6.45) is -2.40. The molecule has 0 fully saturated rings. The van der Waals surface area contributed by atoms with Crippen LogP contribution in [-0.4, -0.2) is 133 Å². The van der Waals surface area contributed by atoms with Crippen molar-refractivity contribution in [3.05, 3.63) is 24.3 Å². The van der Waals surface area contributed by atoms with Crippen molar-refractivity contribution in [2.75, 3.05) is 72.8 Å². The van der Waals surface area contributed by atoms with Crippen molar-refractivity contribution in [2.24, 2.45) is 0 Å². The Morgan fingerprint density at radius 1 is 0.805 bits per heavy atom. The molecule has 236 valence electrons. The first-order valence-electron chi connectivity index (χ1n) is 13.7. The normalized spacial score (nSPS) is 12.0. The van der Waals surface area contributed by atoms with Crippen molar-refractivity contribution in [1.29, 1.82) is 0 Å². The van der Waals surface area contributed by atoms with Crippen LogP contribution in [0.2, 0.25) is 0 Å². The second kappa shape index (κ2) is 21.7. The Hall–Kier alpha value is -2.97. The number of likely N-dealkylation sites (N-methyl/N-ethyl adjacent to an activating group) is 2. The number of para-hydroxylation sites is 2. The number of aliphatic hydroxyl groups is 1. The van der Waals surface area contributed by atoms with Crippen LogP contribution in [0.3, 0.4) is 0 Å². The van der Waals surface area contributed by atoms with Crippen LogP contribution in [0, 0.1) is 0 Å². The van der Waals surface area contributed by atoms with Crippen molar-refractivity contribution in [2.45, 2.75) is 52.2 Å². The highest BCUT2D eigenvalue weighted by molar-refractivity contribution is 5.88. The Balaban J connectivity index is 0.00000103. The van der Waals surface area contributed by atoms with E-state index < -0.39 is 36.4 Å². The lowest BCUT2D eigenvalue weighted by atomic mass is 9.96. The number of ether oxygens (including phenoxy) is 4. The van der Waals surface area contributed by atoms with E-state index in [0.717, 1.165) is 50.8 Å².